The Bertz CT molecular complexity index is 660. The van der Waals surface area contributed by atoms with Crippen LogP contribution in [0.4, 0.5) is 0 Å². The average Bonchev–Trinajstić information content (AvgIpc) is 2.49. The molecule has 1 aliphatic rings. The van der Waals surface area contributed by atoms with E-state index in [1.54, 1.807) is 6.07 Å². The second-order valence-corrected chi connectivity index (χ2v) is 5.56. The summed E-state index contributed by atoms with van der Waals surface area (Å²) in [5.41, 5.74) is 1.46. The van der Waals surface area contributed by atoms with Crippen LogP contribution >= 0.6 is 0 Å². The molecule has 2 atom stereocenters. The first-order chi connectivity index (χ1) is 9.78. The van der Waals surface area contributed by atoms with Gasteiger partial charge in [0.2, 0.25) is 5.88 Å². The smallest absolute Gasteiger partial charge is 0.215 e. The summed E-state index contributed by atoms with van der Waals surface area (Å²) in [5.74, 6) is 1.14. The largest absolute Gasteiger partial charge is 0.474 e. The van der Waals surface area contributed by atoms with Crippen LogP contribution in [0.3, 0.4) is 0 Å². The Balaban J connectivity index is 1.94. The third kappa shape index (κ3) is 2.46. The molecule has 2 unspecified atom stereocenters. The minimum Gasteiger partial charge on any atom is -0.474 e. The summed E-state index contributed by atoms with van der Waals surface area (Å²) in [6, 6.07) is 11.7. The third-order valence-corrected chi connectivity index (χ3v) is 4.12. The lowest BCUT2D eigenvalue weighted by atomic mass is 9.88. The van der Waals surface area contributed by atoms with Crippen molar-refractivity contribution in [3.05, 3.63) is 35.9 Å². The molecule has 0 spiro atoms. The van der Waals surface area contributed by atoms with Gasteiger partial charge in [0.15, 0.2) is 0 Å². The predicted octanol–water partition coefficient (Wildman–Crippen LogP) is 4.06. The Kier molecular flexibility index (Phi) is 3.56. The van der Waals surface area contributed by atoms with Crippen molar-refractivity contribution in [3.63, 3.8) is 0 Å². The Morgan fingerprint density at radius 2 is 2.05 bits per heavy atom. The Morgan fingerprint density at radius 1 is 1.25 bits per heavy atom. The number of rotatable bonds is 2. The molecule has 0 aliphatic heterocycles. The van der Waals surface area contributed by atoms with Gasteiger partial charge in [0.05, 0.1) is 11.1 Å². The molecule has 3 heteroatoms. The number of hydrogen-bond donors (Lipinski definition) is 0. The molecule has 20 heavy (non-hydrogen) atoms. The van der Waals surface area contributed by atoms with Crippen LogP contribution in [0.5, 0.6) is 5.88 Å². The summed E-state index contributed by atoms with van der Waals surface area (Å²) in [7, 11) is 0. The molecule has 1 fully saturated rings. The van der Waals surface area contributed by atoms with Gasteiger partial charge in [-0.1, -0.05) is 31.5 Å². The van der Waals surface area contributed by atoms with E-state index in [-0.39, 0.29) is 6.10 Å². The summed E-state index contributed by atoms with van der Waals surface area (Å²) >= 11 is 0. The number of fused-ring (bicyclic) bond motifs is 1. The van der Waals surface area contributed by atoms with E-state index in [0.29, 0.717) is 17.4 Å². The van der Waals surface area contributed by atoms with Crippen molar-refractivity contribution in [2.75, 3.05) is 0 Å². The van der Waals surface area contributed by atoms with Gasteiger partial charge >= 0.3 is 0 Å². The second kappa shape index (κ2) is 5.50. The molecule has 2 aromatic rings. The number of nitriles is 1. The van der Waals surface area contributed by atoms with Crippen molar-refractivity contribution in [1.82, 2.24) is 4.98 Å². The van der Waals surface area contributed by atoms with Crippen molar-refractivity contribution >= 4 is 10.9 Å². The Hall–Kier alpha value is -2.08. The monoisotopic (exact) mass is 266 g/mol. The first-order valence-electron chi connectivity index (χ1n) is 7.24. The zero-order valence-electron chi connectivity index (χ0n) is 11.7. The first kappa shape index (κ1) is 12.9. The number of aromatic nitrogens is 1. The van der Waals surface area contributed by atoms with Crippen molar-refractivity contribution < 1.29 is 4.74 Å². The third-order valence-electron chi connectivity index (χ3n) is 4.12. The number of benzene rings is 1. The van der Waals surface area contributed by atoms with Gasteiger partial charge in [-0.3, -0.25) is 0 Å². The molecule has 0 radical (unpaired) electrons. The van der Waals surface area contributed by atoms with E-state index in [2.05, 4.69) is 18.0 Å². The minimum absolute atomic E-state index is 0.226. The molecule has 0 bridgehead atoms. The van der Waals surface area contributed by atoms with E-state index in [0.717, 1.165) is 17.3 Å². The number of nitrogens with zero attached hydrogens (tertiary/aromatic N) is 2. The van der Waals surface area contributed by atoms with E-state index in [1.165, 1.54) is 19.3 Å². The number of ether oxygens (including phenoxy) is 1. The number of hydrogen-bond acceptors (Lipinski definition) is 3. The number of para-hydroxylation sites is 1. The highest BCUT2D eigenvalue weighted by Crippen LogP contribution is 2.29. The maximum Gasteiger partial charge on any atom is 0.215 e. The molecule has 1 heterocycles. The standard InChI is InChI=1S/C17H18N2O/c1-12-6-2-5-9-16(12)20-17-10-13(11-18)14-7-3-4-8-15(14)19-17/h3-4,7-8,10,12,16H,2,5-6,9H2,1H3. The van der Waals surface area contributed by atoms with E-state index >= 15 is 0 Å². The van der Waals surface area contributed by atoms with Crippen molar-refractivity contribution in [1.29, 1.82) is 5.26 Å². The molecular weight excluding hydrogens is 248 g/mol. The van der Waals surface area contributed by atoms with E-state index in [9.17, 15) is 5.26 Å². The zero-order chi connectivity index (χ0) is 13.9. The SMILES string of the molecule is CC1CCCCC1Oc1cc(C#N)c2ccccc2n1. The van der Waals surface area contributed by atoms with Crippen molar-refractivity contribution in [2.45, 2.75) is 38.7 Å². The summed E-state index contributed by atoms with van der Waals surface area (Å²) in [5, 5.41) is 10.2. The highest BCUT2D eigenvalue weighted by Gasteiger charge is 2.23. The van der Waals surface area contributed by atoms with E-state index in [1.807, 2.05) is 24.3 Å². The van der Waals surface area contributed by atoms with Gasteiger partial charge in [0.1, 0.15) is 12.2 Å². The normalized spacial score (nSPS) is 22.4. The fraction of sp³-hybridized carbons (Fsp3) is 0.412. The first-order valence-corrected chi connectivity index (χ1v) is 7.24. The van der Waals surface area contributed by atoms with Gasteiger partial charge in [-0.2, -0.15) is 5.26 Å². The number of pyridine rings is 1. The average molecular weight is 266 g/mol. The van der Waals surface area contributed by atoms with Crippen LogP contribution in [0.1, 0.15) is 38.2 Å². The van der Waals surface area contributed by atoms with Crippen LogP contribution in [0.15, 0.2) is 30.3 Å². The van der Waals surface area contributed by atoms with Gasteiger partial charge < -0.3 is 4.74 Å². The highest BCUT2D eigenvalue weighted by atomic mass is 16.5. The summed E-state index contributed by atoms with van der Waals surface area (Å²) in [6.45, 7) is 2.23. The van der Waals surface area contributed by atoms with E-state index < -0.39 is 0 Å². The topological polar surface area (TPSA) is 45.9 Å². The molecule has 3 nitrogen and oxygen atoms in total. The van der Waals surface area contributed by atoms with Crippen LogP contribution in [0.2, 0.25) is 0 Å². The maximum atomic E-state index is 9.28. The summed E-state index contributed by atoms with van der Waals surface area (Å²) in [6.07, 6.45) is 5.02. The van der Waals surface area contributed by atoms with Crippen LogP contribution in [-0.4, -0.2) is 11.1 Å². The molecule has 3 rings (SSSR count). The fourth-order valence-corrected chi connectivity index (χ4v) is 2.92. The Labute approximate surface area is 119 Å². The molecular formula is C17H18N2O. The summed E-state index contributed by atoms with van der Waals surface area (Å²) in [4.78, 5) is 4.54. The lowest BCUT2D eigenvalue weighted by Gasteiger charge is -2.28. The molecule has 1 saturated carbocycles. The van der Waals surface area contributed by atoms with Gasteiger partial charge in [0, 0.05) is 11.5 Å². The van der Waals surface area contributed by atoms with Gasteiger partial charge in [0.25, 0.3) is 0 Å². The molecule has 0 saturated heterocycles. The van der Waals surface area contributed by atoms with Gasteiger partial charge in [-0.05, 0) is 31.2 Å². The lowest BCUT2D eigenvalue weighted by molar-refractivity contribution is 0.0979. The molecule has 102 valence electrons. The van der Waals surface area contributed by atoms with Crippen molar-refractivity contribution in [2.24, 2.45) is 5.92 Å². The minimum atomic E-state index is 0.226. The molecule has 0 amide bonds. The van der Waals surface area contributed by atoms with Crippen LogP contribution in [0.25, 0.3) is 10.9 Å². The van der Waals surface area contributed by atoms with Crippen molar-refractivity contribution in [3.8, 4) is 11.9 Å². The molecule has 0 N–H and O–H groups in total. The van der Waals surface area contributed by atoms with Crippen LogP contribution in [-0.2, 0) is 0 Å². The zero-order valence-corrected chi connectivity index (χ0v) is 11.7. The predicted molar refractivity (Wildman–Crippen MR) is 78.5 cm³/mol. The molecule has 1 aromatic heterocycles. The highest BCUT2D eigenvalue weighted by molar-refractivity contribution is 5.85. The summed E-state index contributed by atoms with van der Waals surface area (Å²) < 4.78 is 6.06. The molecule has 1 aliphatic carbocycles. The quantitative estimate of drug-likeness (QED) is 0.823. The van der Waals surface area contributed by atoms with Crippen LogP contribution in [0, 0.1) is 17.2 Å². The van der Waals surface area contributed by atoms with Crippen LogP contribution < -0.4 is 4.74 Å². The lowest BCUT2D eigenvalue weighted by Crippen LogP contribution is -2.28. The van der Waals surface area contributed by atoms with Gasteiger partial charge in [-0.25, -0.2) is 4.98 Å². The van der Waals surface area contributed by atoms with E-state index in [4.69, 9.17) is 4.74 Å². The maximum absolute atomic E-state index is 9.28. The fourth-order valence-electron chi connectivity index (χ4n) is 2.92. The Morgan fingerprint density at radius 3 is 2.85 bits per heavy atom. The second-order valence-electron chi connectivity index (χ2n) is 5.56. The van der Waals surface area contributed by atoms with Gasteiger partial charge in [-0.15, -0.1) is 0 Å². The molecule has 1 aromatic carbocycles.